The second kappa shape index (κ2) is 10.1. The normalized spacial score (nSPS) is 24.0. The molecule has 2 aliphatic heterocycles. The minimum absolute atomic E-state index is 0.0291. The molecule has 0 spiro atoms. The summed E-state index contributed by atoms with van der Waals surface area (Å²) < 4.78 is 1.81. The van der Waals surface area contributed by atoms with Gasteiger partial charge in [-0.25, -0.2) is 4.98 Å². The predicted molar refractivity (Wildman–Crippen MR) is 152 cm³/mol. The largest absolute Gasteiger partial charge is 0.391 e. The van der Waals surface area contributed by atoms with Crippen molar-refractivity contribution in [3.8, 4) is 10.4 Å². The minimum Gasteiger partial charge on any atom is -0.391 e. The molecule has 2 amide bonds. The molecule has 2 unspecified atom stereocenters. The van der Waals surface area contributed by atoms with Gasteiger partial charge in [-0.05, 0) is 30.9 Å². The zero-order valence-corrected chi connectivity index (χ0v) is 23.2. The molecule has 12 heteroatoms. The SMILES string of the molecule is BBn1cc(C(C(=O)N2C[C@H](O)CC2C2=NC(=O)[C@](C)(c3ccc(-c4scnc4C)cc3)N2)C(C)C)cn1. The number of hydrogen-bond donors (Lipinski definition) is 2. The average molecular weight is 530 g/mol. The van der Waals surface area contributed by atoms with Gasteiger partial charge in [-0.1, -0.05) is 38.1 Å². The third-order valence-electron chi connectivity index (χ3n) is 7.64. The summed E-state index contributed by atoms with van der Waals surface area (Å²) in [6.07, 6.45) is 3.29. The van der Waals surface area contributed by atoms with Gasteiger partial charge < -0.3 is 19.9 Å². The monoisotopic (exact) mass is 530 g/mol. The topological polar surface area (TPSA) is 113 Å². The second-order valence-corrected chi connectivity index (χ2v) is 11.5. The van der Waals surface area contributed by atoms with Gasteiger partial charge in [0.05, 0.1) is 48.1 Å². The Morgan fingerprint density at radius 1 is 1.32 bits per heavy atom. The van der Waals surface area contributed by atoms with Gasteiger partial charge in [-0.2, -0.15) is 10.1 Å². The standard InChI is InChI=1S/C26H32B2N6O3S/c1-14(2)21(17-10-30-34(11-17)28-27)24(36)33-12-19(35)9-20(33)23-31-25(37)26(4,32-23)18-7-5-16(6-8-18)22-15(3)29-13-38-22/h5-8,10-11,13-14,19-21,28,35H,9,12,27H2,1-4H3,(H,31,32,37)/t19-,20?,21?,26+/m1/s1. The summed E-state index contributed by atoms with van der Waals surface area (Å²) in [7, 11) is 2.72. The van der Waals surface area contributed by atoms with Gasteiger partial charge in [0.1, 0.15) is 11.4 Å². The molecule has 5 rings (SSSR count). The van der Waals surface area contributed by atoms with E-state index in [1.165, 1.54) is 0 Å². The maximum absolute atomic E-state index is 13.9. The molecule has 0 saturated carbocycles. The number of rotatable bonds is 7. The van der Waals surface area contributed by atoms with E-state index in [0.717, 1.165) is 34.6 Å². The lowest BCUT2D eigenvalue weighted by atomic mass is 9.67. The van der Waals surface area contributed by atoms with Crippen molar-refractivity contribution >= 4 is 44.0 Å². The summed E-state index contributed by atoms with van der Waals surface area (Å²) in [5.41, 5.74) is 4.43. The van der Waals surface area contributed by atoms with Crippen LogP contribution in [0.3, 0.4) is 0 Å². The van der Waals surface area contributed by atoms with Crippen molar-refractivity contribution in [1.29, 1.82) is 0 Å². The Hall–Kier alpha value is -3.24. The molecule has 1 fully saturated rings. The number of nitrogens with one attached hydrogen (secondary N) is 1. The second-order valence-electron chi connectivity index (χ2n) is 10.6. The number of aliphatic hydroxyl groups excluding tert-OH is 1. The van der Waals surface area contributed by atoms with E-state index in [4.69, 9.17) is 0 Å². The van der Waals surface area contributed by atoms with Crippen LogP contribution >= 0.6 is 11.3 Å². The van der Waals surface area contributed by atoms with Gasteiger partial charge in [-0.15, -0.1) is 11.3 Å². The lowest BCUT2D eigenvalue weighted by Crippen LogP contribution is -2.51. The van der Waals surface area contributed by atoms with E-state index in [0.29, 0.717) is 12.3 Å². The summed E-state index contributed by atoms with van der Waals surface area (Å²) in [6.45, 7) is 8.01. The van der Waals surface area contributed by atoms with Crippen LogP contribution in [-0.2, 0) is 15.1 Å². The number of likely N-dealkylation sites (tertiary alicyclic amines) is 1. The number of carbonyl (C=O) groups is 2. The molecule has 38 heavy (non-hydrogen) atoms. The van der Waals surface area contributed by atoms with E-state index < -0.39 is 23.6 Å². The number of amidine groups is 1. The van der Waals surface area contributed by atoms with Crippen LogP contribution in [0.5, 0.6) is 0 Å². The van der Waals surface area contributed by atoms with Gasteiger partial charge in [0, 0.05) is 24.7 Å². The number of aryl methyl sites for hydroxylation is 1. The molecule has 0 bridgehead atoms. The third-order valence-corrected chi connectivity index (χ3v) is 8.62. The molecule has 4 atom stereocenters. The molecular weight excluding hydrogens is 498 g/mol. The van der Waals surface area contributed by atoms with Crippen LogP contribution in [-0.4, -0.2) is 76.1 Å². The Bertz CT molecular complexity index is 1390. The first-order valence-electron chi connectivity index (χ1n) is 13.1. The molecule has 0 radical (unpaired) electrons. The van der Waals surface area contributed by atoms with Crippen LogP contribution in [0.15, 0.2) is 47.2 Å². The first-order valence-corrected chi connectivity index (χ1v) is 13.9. The maximum atomic E-state index is 13.9. The number of aromatic nitrogens is 3. The molecule has 9 nitrogen and oxygen atoms in total. The van der Waals surface area contributed by atoms with E-state index in [-0.39, 0.29) is 24.3 Å². The summed E-state index contributed by atoms with van der Waals surface area (Å²) in [6, 6.07) is 7.35. The van der Waals surface area contributed by atoms with Crippen molar-refractivity contribution in [1.82, 2.24) is 24.9 Å². The van der Waals surface area contributed by atoms with Gasteiger partial charge in [0.25, 0.3) is 5.91 Å². The Balaban J connectivity index is 1.39. The maximum Gasteiger partial charge on any atom is 0.277 e. The number of nitrogens with zero attached hydrogens (tertiary/aromatic N) is 5. The molecule has 2 aromatic heterocycles. The van der Waals surface area contributed by atoms with Crippen LogP contribution in [0.25, 0.3) is 10.4 Å². The highest BCUT2D eigenvalue weighted by Crippen LogP contribution is 2.35. The van der Waals surface area contributed by atoms with E-state index in [9.17, 15) is 14.7 Å². The van der Waals surface area contributed by atoms with Crippen molar-refractivity contribution in [2.75, 3.05) is 6.54 Å². The van der Waals surface area contributed by atoms with Crippen molar-refractivity contribution in [2.24, 2.45) is 10.9 Å². The van der Waals surface area contributed by atoms with E-state index in [1.54, 1.807) is 22.4 Å². The summed E-state index contributed by atoms with van der Waals surface area (Å²) in [4.78, 5) is 38.6. The third kappa shape index (κ3) is 4.60. The van der Waals surface area contributed by atoms with Crippen LogP contribution in [0.4, 0.5) is 0 Å². The van der Waals surface area contributed by atoms with Crippen LogP contribution in [0.1, 0.15) is 49.9 Å². The first kappa shape index (κ1) is 26.4. The molecule has 2 aliphatic rings. The molecule has 196 valence electrons. The van der Waals surface area contributed by atoms with Crippen LogP contribution in [0.2, 0.25) is 0 Å². The zero-order chi connectivity index (χ0) is 27.2. The Labute approximate surface area is 228 Å². The smallest absolute Gasteiger partial charge is 0.277 e. The minimum atomic E-state index is -1.06. The number of thiazole rings is 1. The van der Waals surface area contributed by atoms with Gasteiger partial charge >= 0.3 is 0 Å². The van der Waals surface area contributed by atoms with Crippen molar-refractivity contribution in [3.63, 3.8) is 0 Å². The van der Waals surface area contributed by atoms with E-state index in [1.807, 2.05) is 76.0 Å². The summed E-state index contributed by atoms with van der Waals surface area (Å²) in [5, 5.41) is 18.3. The number of carbonyl (C=O) groups excluding carboxylic acids is 2. The first-order chi connectivity index (χ1) is 18.1. The summed E-state index contributed by atoms with van der Waals surface area (Å²) >= 11 is 1.58. The predicted octanol–water partition coefficient (Wildman–Crippen LogP) is 1.21. The Morgan fingerprint density at radius 3 is 2.66 bits per heavy atom. The molecule has 3 aromatic rings. The summed E-state index contributed by atoms with van der Waals surface area (Å²) in [5.74, 6) is -0.354. The van der Waals surface area contributed by atoms with Crippen LogP contribution in [0, 0.1) is 12.8 Å². The average Bonchev–Trinajstić information content (AvgIpc) is 3.67. The highest BCUT2D eigenvalue weighted by Gasteiger charge is 2.48. The van der Waals surface area contributed by atoms with E-state index in [2.05, 4.69) is 20.4 Å². The Kier molecular flexibility index (Phi) is 7.04. The quantitative estimate of drug-likeness (QED) is 0.445. The number of β-amino-alcohol motifs (C(OH)–C–C–N with tert-alkyl or cyclic N) is 1. The molecule has 1 saturated heterocycles. The van der Waals surface area contributed by atoms with Crippen LogP contribution < -0.4 is 5.32 Å². The number of benzene rings is 1. The van der Waals surface area contributed by atoms with Crippen molar-refractivity contribution in [2.45, 2.75) is 57.7 Å². The molecular formula is C26H32B2N6O3S. The highest BCUT2D eigenvalue weighted by atomic mass is 32.1. The fourth-order valence-electron chi connectivity index (χ4n) is 5.47. The molecule has 4 heterocycles. The number of aliphatic hydroxyl groups is 1. The number of aliphatic imine (C=N–C) groups is 1. The number of hydrogen-bond acceptors (Lipinski definition) is 7. The number of amides is 2. The molecule has 0 aliphatic carbocycles. The van der Waals surface area contributed by atoms with E-state index >= 15 is 0 Å². The van der Waals surface area contributed by atoms with Crippen molar-refractivity contribution < 1.29 is 14.7 Å². The van der Waals surface area contributed by atoms with Gasteiger partial charge in [0.2, 0.25) is 13.2 Å². The van der Waals surface area contributed by atoms with Crippen molar-refractivity contribution in [3.05, 3.63) is 59.0 Å². The fraction of sp³-hybridized carbons (Fsp3) is 0.423. The highest BCUT2D eigenvalue weighted by molar-refractivity contribution is 7.13. The lowest BCUT2D eigenvalue weighted by Gasteiger charge is -2.31. The fourth-order valence-corrected chi connectivity index (χ4v) is 6.28. The molecule has 1 aromatic carbocycles. The van der Waals surface area contributed by atoms with Gasteiger partial charge in [0.15, 0.2) is 0 Å². The Morgan fingerprint density at radius 2 is 2.05 bits per heavy atom. The zero-order valence-electron chi connectivity index (χ0n) is 22.4. The molecule has 2 N–H and O–H groups in total. The lowest BCUT2D eigenvalue weighted by molar-refractivity contribution is -0.134. The van der Waals surface area contributed by atoms with Gasteiger partial charge in [-0.3, -0.25) is 9.59 Å².